The molecule has 4 saturated carbocycles. The molecule has 9 nitrogen and oxygen atoms in total. The quantitative estimate of drug-likeness (QED) is 0.623. The summed E-state index contributed by atoms with van der Waals surface area (Å²) in [6, 6.07) is 4.10. The largest absolute Gasteiger partial charge is 0.340 e. The Bertz CT molecular complexity index is 1510. The van der Waals surface area contributed by atoms with E-state index in [9.17, 15) is 22.8 Å². The number of rotatable bonds is 7. The minimum Gasteiger partial charge on any atom is -0.340 e. The van der Waals surface area contributed by atoms with Gasteiger partial charge in [0.1, 0.15) is 0 Å². The number of hydrogen-bond donors (Lipinski definition) is 1. The van der Waals surface area contributed by atoms with Crippen LogP contribution < -0.4 is 16.0 Å². The number of aromatic nitrogens is 2. The summed E-state index contributed by atoms with van der Waals surface area (Å²) < 4.78 is 31.7. The molecule has 2 aromatic rings. The van der Waals surface area contributed by atoms with Gasteiger partial charge in [0.2, 0.25) is 15.9 Å². The lowest BCUT2D eigenvalue weighted by Gasteiger charge is -2.21. The highest BCUT2D eigenvalue weighted by molar-refractivity contribution is 7.89. The highest BCUT2D eigenvalue weighted by atomic mass is 32.2. The van der Waals surface area contributed by atoms with Crippen LogP contribution in [-0.4, -0.2) is 47.0 Å². The summed E-state index contributed by atoms with van der Waals surface area (Å²) in [5, 5.41) is 0.238. The first-order valence-corrected chi connectivity index (χ1v) is 14.2. The summed E-state index contributed by atoms with van der Waals surface area (Å²) in [4.78, 5) is 42.1. The van der Waals surface area contributed by atoms with E-state index in [-0.39, 0.29) is 27.3 Å². The molecule has 7 rings (SSSR count). The van der Waals surface area contributed by atoms with Crippen molar-refractivity contribution in [1.29, 1.82) is 0 Å². The third-order valence-electron chi connectivity index (χ3n) is 8.90. The zero-order valence-electron chi connectivity index (χ0n) is 19.8. The molecule has 4 aliphatic carbocycles. The SMILES string of the molecule is CC1(NS(=O)(=O)c2ccc3c(c2)c(=O)n(C2CCN(C(=O)C45CC4C5)C2)c(=O)n3CC2CC2)CC1. The third kappa shape index (κ3) is 3.43. The summed E-state index contributed by atoms with van der Waals surface area (Å²) in [7, 11) is -3.79. The summed E-state index contributed by atoms with van der Waals surface area (Å²) in [5.41, 5.74) is -0.922. The predicted molar refractivity (Wildman–Crippen MR) is 129 cm³/mol. The van der Waals surface area contributed by atoms with Crippen LogP contribution in [0.15, 0.2) is 32.7 Å². The monoisotopic (exact) mass is 498 g/mol. The molecule has 1 atom stereocenters. The van der Waals surface area contributed by atoms with E-state index in [0.29, 0.717) is 43.4 Å². The normalized spacial score (nSPS) is 30.4. The molecule has 1 N–H and O–H groups in total. The molecule has 0 spiro atoms. The molecule has 5 aliphatic rings. The summed E-state index contributed by atoms with van der Waals surface area (Å²) in [6.07, 6.45) is 6.14. The van der Waals surface area contributed by atoms with Gasteiger partial charge >= 0.3 is 5.69 Å². The van der Waals surface area contributed by atoms with Crippen LogP contribution >= 0.6 is 0 Å². The number of nitrogens with one attached hydrogen (secondary N) is 1. The Labute approximate surface area is 203 Å². The predicted octanol–water partition coefficient (Wildman–Crippen LogP) is 1.59. The third-order valence-corrected chi connectivity index (χ3v) is 10.5. The molecule has 2 heterocycles. The van der Waals surface area contributed by atoms with Crippen LogP contribution in [0.4, 0.5) is 0 Å². The molecule has 1 unspecified atom stereocenters. The van der Waals surface area contributed by atoms with Crippen molar-refractivity contribution in [3.05, 3.63) is 39.0 Å². The zero-order chi connectivity index (χ0) is 24.3. The van der Waals surface area contributed by atoms with E-state index < -0.39 is 27.2 Å². The molecular weight excluding hydrogens is 468 g/mol. The van der Waals surface area contributed by atoms with Gasteiger partial charge in [0.05, 0.1) is 27.3 Å². The van der Waals surface area contributed by atoms with E-state index in [4.69, 9.17) is 0 Å². The zero-order valence-corrected chi connectivity index (χ0v) is 20.6. The Morgan fingerprint density at radius 1 is 1.14 bits per heavy atom. The van der Waals surface area contributed by atoms with Gasteiger partial charge < -0.3 is 4.90 Å². The molecule has 1 aromatic heterocycles. The lowest BCUT2D eigenvalue weighted by atomic mass is 10.2. The van der Waals surface area contributed by atoms with Gasteiger partial charge in [-0.2, -0.15) is 0 Å². The minimum absolute atomic E-state index is 0.0363. The minimum atomic E-state index is -3.79. The van der Waals surface area contributed by atoms with Crippen molar-refractivity contribution in [2.45, 2.75) is 74.9 Å². The van der Waals surface area contributed by atoms with Gasteiger partial charge in [0.25, 0.3) is 5.56 Å². The number of fused-ring (bicyclic) bond motifs is 2. The van der Waals surface area contributed by atoms with Gasteiger partial charge in [0.15, 0.2) is 0 Å². The fraction of sp³-hybridized carbons (Fsp3) is 0.640. The lowest BCUT2D eigenvalue weighted by Crippen LogP contribution is -2.44. The van der Waals surface area contributed by atoms with E-state index >= 15 is 0 Å². The Kier molecular flexibility index (Phi) is 4.26. The second kappa shape index (κ2) is 6.85. The molecule has 1 aromatic carbocycles. The van der Waals surface area contributed by atoms with E-state index in [0.717, 1.165) is 38.5 Å². The van der Waals surface area contributed by atoms with Crippen molar-refractivity contribution in [2.24, 2.45) is 17.3 Å². The maximum Gasteiger partial charge on any atom is 0.331 e. The van der Waals surface area contributed by atoms with Gasteiger partial charge in [-0.1, -0.05) is 0 Å². The number of carbonyl (C=O) groups is 1. The van der Waals surface area contributed by atoms with Gasteiger partial charge in [0, 0.05) is 25.2 Å². The van der Waals surface area contributed by atoms with Crippen LogP contribution in [-0.2, 0) is 21.4 Å². The molecule has 1 aliphatic heterocycles. The number of likely N-dealkylation sites (tertiary alicyclic amines) is 1. The van der Waals surface area contributed by atoms with Crippen LogP contribution in [0.1, 0.15) is 57.9 Å². The Morgan fingerprint density at radius 2 is 1.86 bits per heavy atom. The van der Waals surface area contributed by atoms with Gasteiger partial charge in [-0.15, -0.1) is 0 Å². The summed E-state index contributed by atoms with van der Waals surface area (Å²) >= 11 is 0. The lowest BCUT2D eigenvalue weighted by molar-refractivity contribution is -0.133. The molecule has 0 bridgehead atoms. The van der Waals surface area contributed by atoms with Crippen molar-refractivity contribution >= 4 is 26.8 Å². The van der Waals surface area contributed by atoms with E-state index in [2.05, 4.69) is 4.72 Å². The van der Waals surface area contributed by atoms with Gasteiger partial charge in [-0.25, -0.2) is 17.9 Å². The Morgan fingerprint density at radius 3 is 2.49 bits per heavy atom. The van der Waals surface area contributed by atoms with E-state index in [1.165, 1.54) is 16.7 Å². The number of nitrogens with zero attached hydrogens (tertiary/aromatic N) is 3. The van der Waals surface area contributed by atoms with E-state index in [1.807, 2.05) is 11.8 Å². The molecule has 35 heavy (non-hydrogen) atoms. The number of benzene rings is 1. The molecule has 5 fully saturated rings. The Hall–Kier alpha value is -2.46. The average Bonchev–Trinajstić information content (AvgIpc) is 3.65. The van der Waals surface area contributed by atoms with E-state index in [1.54, 1.807) is 10.6 Å². The summed E-state index contributed by atoms with van der Waals surface area (Å²) in [5.74, 6) is 1.11. The van der Waals surface area contributed by atoms with Crippen LogP contribution in [0.25, 0.3) is 10.9 Å². The second-order valence-corrected chi connectivity index (χ2v) is 13.5. The maximum atomic E-state index is 13.7. The topological polar surface area (TPSA) is 110 Å². The second-order valence-electron chi connectivity index (χ2n) is 11.8. The first-order valence-electron chi connectivity index (χ1n) is 12.7. The average molecular weight is 499 g/mol. The van der Waals surface area contributed by atoms with Crippen LogP contribution in [0.2, 0.25) is 0 Å². The number of sulfonamides is 1. The molecule has 1 amide bonds. The van der Waals surface area contributed by atoms with Crippen molar-refractivity contribution < 1.29 is 13.2 Å². The van der Waals surface area contributed by atoms with Crippen molar-refractivity contribution in [1.82, 2.24) is 18.8 Å². The van der Waals surface area contributed by atoms with Crippen LogP contribution in [0.5, 0.6) is 0 Å². The van der Waals surface area contributed by atoms with Crippen molar-refractivity contribution in [2.75, 3.05) is 13.1 Å². The molecule has 0 radical (unpaired) electrons. The fourth-order valence-corrected chi connectivity index (χ4v) is 7.26. The molecule has 10 heteroatoms. The maximum absolute atomic E-state index is 13.7. The summed E-state index contributed by atoms with van der Waals surface area (Å²) in [6.45, 7) is 3.28. The first-order chi connectivity index (χ1) is 16.6. The van der Waals surface area contributed by atoms with Crippen molar-refractivity contribution in [3.8, 4) is 0 Å². The highest BCUT2D eigenvalue weighted by Crippen LogP contribution is 2.76. The van der Waals surface area contributed by atoms with Gasteiger partial charge in [-0.3, -0.25) is 18.7 Å². The van der Waals surface area contributed by atoms with Crippen LogP contribution in [0, 0.1) is 17.3 Å². The number of carbonyl (C=O) groups excluding carboxylic acids is 1. The highest BCUT2D eigenvalue weighted by Gasteiger charge is 2.75. The smallest absolute Gasteiger partial charge is 0.331 e. The van der Waals surface area contributed by atoms with Gasteiger partial charge in [-0.05, 0) is 81.9 Å². The van der Waals surface area contributed by atoms with Crippen molar-refractivity contribution in [3.63, 3.8) is 0 Å². The number of amides is 1. The fourth-order valence-electron chi connectivity index (χ4n) is 5.77. The molecule has 186 valence electrons. The Balaban J connectivity index is 1.30. The van der Waals surface area contributed by atoms with Crippen LogP contribution in [0.3, 0.4) is 0 Å². The molecular formula is C25H30N4O5S. The standard InChI is InChI=1S/C25H30N4O5S/c1-24(7-8-24)26-35(33,34)18-4-5-20-19(10-18)21(30)29(23(32)28(20)13-15-2-3-15)17-6-9-27(14-17)22(31)25-11-16(25)12-25/h4-5,10,15-17,26H,2-3,6-9,11-14H2,1H3. The first kappa shape index (κ1) is 21.8. The number of hydrogen-bond acceptors (Lipinski definition) is 5. The molecule has 1 saturated heterocycles.